The monoisotopic (exact) mass is 823 g/mol. The second kappa shape index (κ2) is 47.5. The van der Waals surface area contributed by atoms with Gasteiger partial charge in [0.15, 0.2) is 6.10 Å². The predicted molar refractivity (Wildman–Crippen MR) is 251 cm³/mol. The fourth-order valence-corrected chi connectivity index (χ4v) is 6.53. The molecule has 0 aliphatic rings. The summed E-state index contributed by atoms with van der Waals surface area (Å²) in [6.45, 7) is 6.42. The smallest absolute Gasteiger partial charge is 0.306 e. The average Bonchev–Trinajstić information content (AvgIpc) is 3.23. The summed E-state index contributed by atoms with van der Waals surface area (Å²) in [7, 11) is 0. The molecule has 59 heavy (non-hydrogen) atoms. The zero-order valence-corrected chi connectivity index (χ0v) is 38.5. The van der Waals surface area contributed by atoms with Crippen LogP contribution in [0.3, 0.4) is 0 Å². The molecule has 6 heteroatoms. The van der Waals surface area contributed by atoms with E-state index in [1.54, 1.807) is 0 Å². The Kier molecular flexibility index (Phi) is 45.0. The lowest BCUT2D eigenvalue weighted by molar-refractivity contribution is -0.167. The van der Waals surface area contributed by atoms with Crippen LogP contribution in [0.4, 0.5) is 0 Å². The van der Waals surface area contributed by atoms with E-state index < -0.39 is 6.10 Å². The van der Waals surface area contributed by atoms with Gasteiger partial charge in [0.25, 0.3) is 0 Å². The van der Waals surface area contributed by atoms with Crippen LogP contribution in [0.5, 0.6) is 0 Å². The van der Waals surface area contributed by atoms with Gasteiger partial charge in [-0.15, -0.1) is 0 Å². The topological polar surface area (TPSA) is 78.9 Å². The molecule has 0 aliphatic carbocycles. The third-order valence-electron chi connectivity index (χ3n) is 10.2. The van der Waals surface area contributed by atoms with Gasteiger partial charge in [-0.2, -0.15) is 0 Å². The van der Waals surface area contributed by atoms with Crippen LogP contribution in [0.15, 0.2) is 72.9 Å². The Balaban J connectivity index is 4.38. The lowest BCUT2D eigenvalue weighted by Gasteiger charge is -2.18. The number of unbranched alkanes of at least 4 members (excludes halogenated alkanes) is 21. The third kappa shape index (κ3) is 45.8. The molecule has 0 saturated heterocycles. The molecule has 0 N–H and O–H groups in total. The van der Waals surface area contributed by atoms with E-state index in [0.29, 0.717) is 19.3 Å². The van der Waals surface area contributed by atoms with Crippen molar-refractivity contribution in [1.29, 1.82) is 0 Å². The Labute approximate surface area is 363 Å². The van der Waals surface area contributed by atoms with Gasteiger partial charge < -0.3 is 14.2 Å². The first-order chi connectivity index (χ1) is 29.0. The number of ether oxygens (including phenoxy) is 3. The van der Waals surface area contributed by atoms with Crippen LogP contribution >= 0.6 is 0 Å². The molecule has 0 spiro atoms. The molecule has 0 aliphatic heterocycles. The van der Waals surface area contributed by atoms with Gasteiger partial charge in [0.1, 0.15) is 13.2 Å². The SMILES string of the molecule is CC/C=C\C/C=C\C/C=C\C/C=C\CCCCCCCCC(=O)OCC(COC(=O)CCCCCCCCCCCCC)OC(=O)CCCCC/C=C\C=C/CCCC. The molecule has 0 aromatic carbocycles. The zero-order chi connectivity index (χ0) is 43.0. The highest BCUT2D eigenvalue weighted by atomic mass is 16.6. The van der Waals surface area contributed by atoms with Crippen molar-refractivity contribution in [3.63, 3.8) is 0 Å². The van der Waals surface area contributed by atoms with Crippen molar-refractivity contribution < 1.29 is 28.6 Å². The summed E-state index contributed by atoms with van der Waals surface area (Å²) in [6.07, 6.45) is 58.8. The maximum absolute atomic E-state index is 12.7. The number of rotatable bonds is 43. The van der Waals surface area contributed by atoms with Crippen LogP contribution in [-0.4, -0.2) is 37.2 Å². The number of allylic oxidation sites excluding steroid dienone is 12. The van der Waals surface area contributed by atoms with Gasteiger partial charge in [0, 0.05) is 19.3 Å². The highest BCUT2D eigenvalue weighted by Gasteiger charge is 2.19. The third-order valence-corrected chi connectivity index (χ3v) is 10.2. The molecule has 0 saturated carbocycles. The normalized spacial score (nSPS) is 12.7. The molecule has 0 rings (SSSR count). The quantitative estimate of drug-likeness (QED) is 0.0200. The first-order valence-electron chi connectivity index (χ1n) is 24.5. The highest BCUT2D eigenvalue weighted by Crippen LogP contribution is 2.14. The standard InChI is InChI=1S/C53H90O6/c1-4-7-10-13-16-19-22-23-24-25-26-27-28-29-32-34-37-40-43-46-52(55)58-49-50(59-53(56)47-44-41-38-35-31-21-18-15-12-9-6-3)48-57-51(54)45-42-39-36-33-30-20-17-14-11-8-5-2/h7,10,15-16,18-19,21,23-24,26-27,31,50H,4-6,8-9,11-14,17,20,22,25,28-30,32-49H2,1-3H3/b10-7-,18-15-,19-16-,24-23-,27-26-,31-21-. The van der Waals surface area contributed by atoms with Crippen LogP contribution in [-0.2, 0) is 28.6 Å². The van der Waals surface area contributed by atoms with Crippen LogP contribution in [0, 0.1) is 0 Å². The first-order valence-corrected chi connectivity index (χ1v) is 24.5. The molecular formula is C53H90O6. The lowest BCUT2D eigenvalue weighted by Crippen LogP contribution is -2.30. The fourth-order valence-electron chi connectivity index (χ4n) is 6.53. The van der Waals surface area contributed by atoms with Crippen molar-refractivity contribution in [2.24, 2.45) is 0 Å². The van der Waals surface area contributed by atoms with Gasteiger partial charge >= 0.3 is 17.9 Å². The predicted octanol–water partition coefficient (Wildman–Crippen LogP) is 15.9. The van der Waals surface area contributed by atoms with Crippen molar-refractivity contribution >= 4 is 17.9 Å². The van der Waals surface area contributed by atoms with Crippen molar-refractivity contribution in [2.75, 3.05) is 13.2 Å². The minimum Gasteiger partial charge on any atom is -0.462 e. The van der Waals surface area contributed by atoms with Crippen LogP contribution < -0.4 is 0 Å². The number of esters is 3. The Hall–Kier alpha value is -3.15. The number of carbonyl (C=O) groups is 3. The zero-order valence-electron chi connectivity index (χ0n) is 38.5. The van der Waals surface area contributed by atoms with E-state index in [-0.39, 0.29) is 31.1 Å². The maximum atomic E-state index is 12.7. The van der Waals surface area contributed by atoms with E-state index in [1.165, 1.54) is 83.5 Å². The molecule has 1 unspecified atom stereocenters. The number of carbonyl (C=O) groups excluding carboxylic acids is 3. The van der Waals surface area contributed by atoms with E-state index in [0.717, 1.165) is 103 Å². The Morgan fingerprint density at radius 3 is 1.20 bits per heavy atom. The molecule has 1 atom stereocenters. The molecule has 0 radical (unpaired) electrons. The van der Waals surface area contributed by atoms with E-state index in [1.807, 2.05) is 0 Å². The van der Waals surface area contributed by atoms with Crippen molar-refractivity contribution in [3.8, 4) is 0 Å². The van der Waals surface area contributed by atoms with E-state index in [9.17, 15) is 14.4 Å². The fraction of sp³-hybridized carbons (Fsp3) is 0.717. The van der Waals surface area contributed by atoms with Gasteiger partial charge in [0.05, 0.1) is 0 Å². The van der Waals surface area contributed by atoms with Gasteiger partial charge in [-0.25, -0.2) is 0 Å². The highest BCUT2D eigenvalue weighted by molar-refractivity contribution is 5.71. The summed E-state index contributed by atoms with van der Waals surface area (Å²) in [5.74, 6) is -0.935. The Morgan fingerprint density at radius 2 is 0.729 bits per heavy atom. The molecule has 0 heterocycles. The second-order valence-electron chi connectivity index (χ2n) is 16.0. The molecule has 338 valence electrons. The second-order valence-corrected chi connectivity index (χ2v) is 16.0. The van der Waals surface area contributed by atoms with Crippen LogP contribution in [0.25, 0.3) is 0 Å². The molecule has 0 aromatic heterocycles. The van der Waals surface area contributed by atoms with E-state index in [2.05, 4.69) is 93.7 Å². The van der Waals surface area contributed by atoms with E-state index in [4.69, 9.17) is 14.2 Å². The maximum Gasteiger partial charge on any atom is 0.306 e. The minimum atomic E-state index is -0.791. The lowest BCUT2D eigenvalue weighted by atomic mass is 10.1. The Bertz CT molecular complexity index is 1130. The van der Waals surface area contributed by atoms with Gasteiger partial charge in [-0.1, -0.05) is 203 Å². The van der Waals surface area contributed by atoms with Crippen molar-refractivity contribution in [3.05, 3.63) is 72.9 Å². The molecule has 0 aromatic rings. The number of hydrogen-bond acceptors (Lipinski definition) is 6. The van der Waals surface area contributed by atoms with Gasteiger partial charge in [-0.3, -0.25) is 14.4 Å². The summed E-state index contributed by atoms with van der Waals surface area (Å²) < 4.78 is 16.7. The molecular weight excluding hydrogens is 733 g/mol. The molecule has 6 nitrogen and oxygen atoms in total. The summed E-state index contributed by atoms with van der Waals surface area (Å²) in [4.78, 5) is 37.8. The summed E-state index contributed by atoms with van der Waals surface area (Å²) in [5, 5.41) is 0. The van der Waals surface area contributed by atoms with E-state index >= 15 is 0 Å². The Morgan fingerprint density at radius 1 is 0.373 bits per heavy atom. The number of hydrogen-bond donors (Lipinski definition) is 0. The van der Waals surface area contributed by atoms with Gasteiger partial charge in [0.2, 0.25) is 0 Å². The van der Waals surface area contributed by atoms with Gasteiger partial charge in [-0.05, 0) is 77.0 Å². The van der Waals surface area contributed by atoms with Crippen LogP contribution in [0.1, 0.15) is 226 Å². The van der Waals surface area contributed by atoms with Crippen molar-refractivity contribution in [2.45, 2.75) is 232 Å². The molecule has 0 fully saturated rings. The average molecular weight is 823 g/mol. The molecule has 0 amide bonds. The molecule has 0 bridgehead atoms. The largest absolute Gasteiger partial charge is 0.462 e. The first kappa shape index (κ1) is 55.9. The van der Waals surface area contributed by atoms with Crippen molar-refractivity contribution in [1.82, 2.24) is 0 Å². The minimum absolute atomic E-state index is 0.0899. The summed E-state index contributed by atoms with van der Waals surface area (Å²) in [5.41, 5.74) is 0. The van der Waals surface area contributed by atoms with Crippen LogP contribution in [0.2, 0.25) is 0 Å². The summed E-state index contributed by atoms with van der Waals surface area (Å²) in [6, 6.07) is 0. The summed E-state index contributed by atoms with van der Waals surface area (Å²) >= 11 is 0.